The maximum absolute atomic E-state index is 10.8. The van der Waals surface area contributed by atoms with Crippen LogP contribution in [0.2, 0.25) is 0 Å². The minimum Gasteiger partial charge on any atom is -0.396 e. The van der Waals surface area contributed by atoms with E-state index < -0.39 is 4.92 Å². The maximum atomic E-state index is 10.8. The molecular formula is C10H16N4O3. The van der Waals surface area contributed by atoms with E-state index in [1.807, 2.05) is 6.92 Å². The van der Waals surface area contributed by atoms with Gasteiger partial charge in [-0.05, 0) is 12.0 Å². The van der Waals surface area contributed by atoms with Gasteiger partial charge in [-0.1, -0.05) is 6.92 Å². The molecule has 1 atom stereocenters. The van der Waals surface area contributed by atoms with Gasteiger partial charge in [-0.2, -0.15) is 0 Å². The second kappa shape index (κ2) is 6.00. The number of nitrogens with zero attached hydrogens (tertiary/aromatic N) is 2. The normalized spacial score (nSPS) is 11.9. The van der Waals surface area contributed by atoms with Crippen molar-refractivity contribution < 1.29 is 10.0 Å². The van der Waals surface area contributed by atoms with E-state index in [1.165, 1.54) is 6.07 Å². The highest BCUT2D eigenvalue weighted by Gasteiger charge is 2.16. The third-order valence-corrected chi connectivity index (χ3v) is 2.26. The highest BCUT2D eigenvalue weighted by Crippen LogP contribution is 2.23. The Hall–Kier alpha value is -1.89. The van der Waals surface area contributed by atoms with E-state index in [-0.39, 0.29) is 24.0 Å². The summed E-state index contributed by atoms with van der Waals surface area (Å²) >= 11 is 0. The number of nitro groups is 1. The Morgan fingerprint density at radius 3 is 2.82 bits per heavy atom. The molecule has 0 aliphatic rings. The highest BCUT2D eigenvalue weighted by atomic mass is 16.6. The zero-order chi connectivity index (χ0) is 12.8. The number of hydrogen-bond acceptors (Lipinski definition) is 6. The summed E-state index contributed by atoms with van der Waals surface area (Å²) < 4.78 is 0. The van der Waals surface area contributed by atoms with Crippen LogP contribution < -0.4 is 10.6 Å². The number of anilines is 2. The van der Waals surface area contributed by atoms with Gasteiger partial charge in [0.2, 0.25) is 5.82 Å². The molecule has 1 aromatic rings. The van der Waals surface area contributed by atoms with Crippen molar-refractivity contribution in [2.75, 3.05) is 30.8 Å². The summed E-state index contributed by atoms with van der Waals surface area (Å²) in [5, 5.41) is 25.4. The van der Waals surface area contributed by atoms with E-state index in [4.69, 9.17) is 5.11 Å². The minimum absolute atomic E-state index is 0.00893. The molecule has 1 rings (SSSR count). The highest BCUT2D eigenvalue weighted by molar-refractivity contribution is 5.60. The molecule has 0 fully saturated rings. The molecule has 3 N–H and O–H groups in total. The Morgan fingerprint density at radius 2 is 2.29 bits per heavy atom. The number of rotatable bonds is 6. The van der Waals surface area contributed by atoms with Crippen molar-refractivity contribution >= 4 is 17.3 Å². The van der Waals surface area contributed by atoms with Gasteiger partial charge in [-0.15, -0.1) is 0 Å². The van der Waals surface area contributed by atoms with Gasteiger partial charge in [0.1, 0.15) is 5.82 Å². The molecule has 0 aromatic carbocycles. The van der Waals surface area contributed by atoms with Gasteiger partial charge in [0.25, 0.3) is 0 Å². The van der Waals surface area contributed by atoms with E-state index in [1.54, 1.807) is 13.1 Å². The minimum atomic E-state index is -0.488. The first kappa shape index (κ1) is 13.2. The number of aliphatic hydroxyl groups is 1. The number of aliphatic hydroxyl groups excluding tert-OH is 1. The number of hydrogen-bond donors (Lipinski definition) is 3. The lowest BCUT2D eigenvalue weighted by molar-refractivity contribution is -0.384. The number of nitrogens with one attached hydrogen (secondary N) is 2. The smallest absolute Gasteiger partial charge is 0.311 e. The first-order valence-electron chi connectivity index (χ1n) is 5.26. The Labute approximate surface area is 99.0 Å². The fraction of sp³-hybridized carbons (Fsp3) is 0.500. The Morgan fingerprint density at radius 1 is 1.59 bits per heavy atom. The summed E-state index contributed by atoms with van der Waals surface area (Å²) in [6.07, 6.45) is 0. The average molecular weight is 240 g/mol. The van der Waals surface area contributed by atoms with Crippen LogP contribution in [0.15, 0.2) is 12.1 Å². The molecule has 0 spiro atoms. The molecule has 1 heterocycles. The SMILES string of the molecule is CNc1ccc([N+](=O)[O-])c(NCC(C)CO)n1. The average Bonchev–Trinajstić information content (AvgIpc) is 2.35. The standard InChI is InChI=1S/C10H16N4O3/c1-7(6-15)5-12-10-8(14(16)17)3-4-9(11-2)13-10/h3-4,7,15H,5-6H2,1-2H3,(H2,11,12,13). The summed E-state index contributed by atoms with van der Waals surface area (Å²) in [6.45, 7) is 2.28. The van der Waals surface area contributed by atoms with E-state index in [0.29, 0.717) is 12.4 Å². The van der Waals surface area contributed by atoms with Crippen LogP contribution >= 0.6 is 0 Å². The van der Waals surface area contributed by atoms with Crippen LogP contribution in [0.25, 0.3) is 0 Å². The summed E-state index contributed by atoms with van der Waals surface area (Å²) in [7, 11) is 1.69. The molecule has 94 valence electrons. The second-order valence-corrected chi connectivity index (χ2v) is 3.74. The Balaban J connectivity index is 2.89. The van der Waals surface area contributed by atoms with E-state index in [9.17, 15) is 10.1 Å². The van der Waals surface area contributed by atoms with Crippen LogP contribution in [0.1, 0.15) is 6.92 Å². The van der Waals surface area contributed by atoms with Crippen molar-refractivity contribution in [3.05, 3.63) is 22.2 Å². The van der Waals surface area contributed by atoms with Crippen LogP contribution in [0.3, 0.4) is 0 Å². The lowest BCUT2D eigenvalue weighted by atomic mass is 10.2. The Kier molecular flexibility index (Phi) is 4.65. The summed E-state index contributed by atoms with van der Waals surface area (Å²) in [4.78, 5) is 14.4. The van der Waals surface area contributed by atoms with Crippen LogP contribution in [-0.4, -0.2) is 35.2 Å². The van der Waals surface area contributed by atoms with Gasteiger partial charge < -0.3 is 15.7 Å². The molecule has 0 amide bonds. The summed E-state index contributed by atoms with van der Waals surface area (Å²) in [5.41, 5.74) is -0.0749. The van der Waals surface area contributed by atoms with Gasteiger partial charge in [0.15, 0.2) is 0 Å². The first-order chi connectivity index (χ1) is 8.08. The van der Waals surface area contributed by atoms with Crippen LogP contribution in [-0.2, 0) is 0 Å². The quantitative estimate of drug-likeness (QED) is 0.508. The molecule has 1 aromatic heterocycles. The van der Waals surface area contributed by atoms with Gasteiger partial charge in [-0.25, -0.2) is 4.98 Å². The predicted octanol–water partition coefficient (Wildman–Crippen LogP) is 1.07. The molecule has 17 heavy (non-hydrogen) atoms. The lowest BCUT2D eigenvalue weighted by Gasteiger charge is -2.11. The van der Waals surface area contributed by atoms with Crippen LogP contribution in [0.5, 0.6) is 0 Å². The molecular weight excluding hydrogens is 224 g/mol. The fourth-order valence-electron chi connectivity index (χ4n) is 1.20. The van der Waals surface area contributed by atoms with Crippen LogP contribution in [0, 0.1) is 16.0 Å². The lowest BCUT2D eigenvalue weighted by Crippen LogP contribution is -2.16. The number of pyridine rings is 1. The molecule has 0 bridgehead atoms. The van der Waals surface area contributed by atoms with Crippen molar-refractivity contribution in [1.29, 1.82) is 0 Å². The zero-order valence-corrected chi connectivity index (χ0v) is 9.80. The molecule has 0 saturated carbocycles. The van der Waals surface area contributed by atoms with Crippen molar-refractivity contribution in [3.63, 3.8) is 0 Å². The zero-order valence-electron chi connectivity index (χ0n) is 9.80. The fourth-order valence-corrected chi connectivity index (χ4v) is 1.20. The van der Waals surface area contributed by atoms with Crippen molar-refractivity contribution in [2.24, 2.45) is 5.92 Å². The van der Waals surface area contributed by atoms with E-state index >= 15 is 0 Å². The molecule has 0 saturated heterocycles. The third-order valence-electron chi connectivity index (χ3n) is 2.26. The van der Waals surface area contributed by atoms with Crippen molar-refractivity contribution in [1.82, 2.24) is 4.98 Å². The van der Waals surface area contributed by atoms with Gasteiger partial charge in [0, 0.05) is 26.3 Å². The molecule has 0 aliphatic heterocycles. The summed E-state index contributed by atoms with van der Waals surface area (Å²) in [5.74, 6) is 0.770. The van der Waals surface area contributed by atoms with Crippen LogP contribution in [0.4, 0.5) is 17.3 Å². The molecule has 7 heteroatoms. The molecule has 0 radical (unpaired) electrons. The molecule has 1 unspecified atom stereocenters. The van der Waals surface area contributed by atoms with E-state index in [2.05, 4.69) is 15.6 Å². The monoisotopic (exact) mass is 240 g/mol. The number of aromatic nitrogens is 1. The van der Waals surface area contributed by atoms with E-state index in [0.717, 1.165) is 0 Å². The largest absolute Gasteiger partial charge is 0.396 e. The molecule has 0 aliphatic carbocycles. The first-order valence-corrected chi connectivity index (χ1v) is 5.26. The Bertz CT molecular complexity index is 397. The second-order valence-electron chi connectivity index (χ2n) is 3.74. The van der Waals surface area contributed by atoms with Gasteiger partial charge >= 0.3 is 5.69 Å². The maximum Gasteiger partial charge on any atom is 0.311 e. The topological polar surface area (TPSA) is 100 Å². The molecule has 7 nitrogen and oxygen atoms in total. The van der Waals surface area contributed by atoms with Gasteiger partial charge in [0.05, 0.1) is 4.92 Å². The predicted molar refractivity (Wildman–Crippen MR) is 65.2 cm³/mol. The third kappa shape index (κ3) is 3.56. The summed E-state index contributed by atoms with van der Waals surface area (Å²) in [6, 6.07) is 2.93. The van der Waals surface area contributed by atoms with Crippen molar-refractivity contribution in [3.8, 4) is 0 Å². The van der Waals surface area contributed by atoms with Gasteiger partial charge in [-0.3, -0.25) is 10.1 Å². The van der Waals surface area contributed by atoms with Crippen molar-refractivity contribution in [2.45, 2.75) is 6.92 Å².